The molecule has 0 bridgehead atoms. The topological polar surface area (TPSA) is 67.9 Å². The van der Waals surface area contributed by atoms with Crippen molar-refractivity contribution in [2.24, 2.45) is 5.92 Å². The Morgan fingerprint density at radius 1 is 1.26 bits per heavy atom. The summed E-state index contributed by atoms with van der Waals surface area (Å²) in [6.07, 6.45) is 0.137. The number of anilines is 2. The van der Waals surface area contributed by atoms with E-state index < -0.39 is 5.92 Å². The van der Waals surface area contributed by atoms with E-state index in [2.05, 4.69) is 5.32 Å². The molecule has 0 spiro atoms. The third kappa shape index (κ3) is 4.34. The van der Waals surface area contributed by atoms with Crippen molar-refractivity contribution in [1.29, 1.82) is 0 Å². The number of ether oxygens (including phenoxy) is 2. The summed E-state index contributed by atoms with van der Waals surface area (Å²) in [7, 11) is 1.53. The van der Waals surface area contributed by atoms with E-state index in [1.807, 2.05) is 6.92 Å². The molecule has 27 heavy (non-hydrogen) atoms. The van der Waals surface area contributed by atoms with Gasteiger partial charge in [0.2, 0.25) is 11.8 Å². The molecule has 2 aromatic rings. The number of carbonyl (C=O) groups excluding carboxylic acids is 2. The fourth-order valence-electron chi connectivity index (χ4n) is 3.04. The van der Waals surface area contributed by atoms with Gasteiger partial charge in [0.15, 0.2) is 0 Å². The first-order valence-electron chi connectivity index (χ1n) is 8.69. The molecule has 1 saturated heterocycles. The molecule has 1 aliphatic heterocycles. The maximum absolute atomic E-state index is 12.6. The lowest BCUT2D eigenvalue weighted by molar-refractivity contribution is -0.122. The zero-order chi connectivity index (χ0) is 19.4. The van der Waals surface area contributed by atoms with Gasteiger partial charge in [0.1, 0.15) is 11.5 Å². The summed E-state index contributed by atoms with van der Waals surface area (Å²) in [5, 5.41) is 3.36. The second kappa shape index (κ2) is 8.31. The van der Waals surface area contributed by atoms with Crippen molar-refractivity contribution in [2.45, 2.75) is 13.3 Å². The molecule has 6 nitrogen and oxygen atoms in total. The van der Waals surface area contributed by atoms with Gasteiger partial charge in [-0.3, -0.25) is 9.59 Å². The Labute approximate surface area is 163 Å². The van der Waals surface area contributed by atoms with Gasteiger partial charge in [-0.15, -0.1) is 0 Å². The van der Waals surface area contributed by atoms with Crippen molar-refractivity contribution in [3.8, 4) is 11.5 Å². The van der Waals surface area contributed by atoms with Crippen LogP contribution in [-0.4, -0.2) is 32.1 Å². The van der Waals surface area contributed by atoms with Crippen LogP contribution in [0.4, 0.5) is 11.4 Å². The van der Waals surface area contributed by atoms with Crippen LogP contribution in [0.15, 0.2) is 42.5 Å². The summed E-state index contributed by atoms with van der Waals surface area (Å²) < 4.78 is 10.7. The van der Waals surface area contributed by atoms with Gasteiger partial charge in [-0.25, -0.2) is 0 Å². The van der Waals surface area contributed by atoms with E-state index in [1.165, 1.54) is 7.11 Å². The molecule has 2 amide bonds. The molecule has 1 atom stereocenters. The lowest BCUT2D eigenvalue weighted by Gasteiger charge is -2.20. The van der Waals surface area contributed by atoms with E-state index in [4.69, 9.17) is 21.1 Å². The molecular formula is C20H21ClN2O4. The lowest BCUT2D eigenvalue weighted by atomic mass is 10.1. The Hall–Kier alpha value is -2.73. The quantitative estimate of drug-likeness (QED) is 0.818. The van der Waals surface area contributed by atoms with Gasteiger partial charge >= 0.3 is 0 Å². The molecule has 7 heteroatoms. The predicted octanol–water partition coefficient (Wildman–Crippen LogP) is 3.74. The summed E-state index contributed by atoms with van der Waals surface area (Å²) in [4.78, 5) is 26.6. The van der Waals surface area contributed by atoms with Crippen LogP contribution in [0.3, 0.4) is 0 Å². The van der Waals surface area contributed by atoms with Crippen molar-refractivity contribution >= 4 is 34.8 Å². The van der Waals surface area contributed by atoms with Crippen LogP contribution >= 0.6 is 11.6 Å². The number of nitrogens with zero attached hydrogens (tertiary/aromatic N) is 1. The Morgan fingerprint density at radius 2 is 2.00 bits per heavy atom. The largest absolute Gasteiger partial charge is 0.495 e. The summed E-state index contributed by atoms with van der Waals surface area (Å²) in [5.74, 6) is 0.497. The van der Waals surface area contributed by atoms with Gasteiger partial charge in [-0.05, 0) is 49.4 Å². The minimum absolute atomic E-state index is 0.137. The second-order valence-corrected chi connectivity index (χ2v) is 6.60. The Morgan fingerprint density at radius 3 is 2.67 bits per heavy atom. The number of hydrogen-bond donors (Lipinski definition) is 1. The second-order valence-electron chi connectivity index (χ2n) is 6.17. The number of benzene rings is 2. The van der Waals surface area contributed by atoms with Crippen LogP contribution in [0.2, 0.25) is 5.02 Å². The SMILES string of the molecule is CCOc1ccc(NC(=O)[C@H]2CC(=O)N(c3cc(Cl)ccc3OC)C2)cc1. The predicted molar refractivity (Wildman–Crippen MR) is 105 cm³/mol. The number of rotatable bonds is 6. The number of nitrogens with one attached hydrogen (secondary N) is 1. The van der Waals surface area contributed by atoms with Gasteiger partial charge in [0, 0.05) is 23.7 Å². The van der Waals surface area contributed by atoms with Crippen LogP contribution in [-0.2, 0) is 9.59 Å². The van der Waals surface area contributed by atoms with Crippen molar-refractivity contribution in [1.82, 2.24) is 0 Å². The first-order chi connectivity index (χ1) is 13.0. The van der Waals surface area contributed by atoms with E-state index in [-0.39, 0.29) is 24.8 Å². The normalized spacial score (nSPS) is 16.3. The lowest BCUT2D eigenvalue weighted by Crippen LogP contribution is -2.28. The highest BCUT2D eigenvalue weighted by Crippen LogP contribution is 2.35. The van der Waals surface area contributed by atoms with Gasteiger partial charge in [0.05, 0.1) is 25.3 Å². The first-order valence-corrected chi connectivity index (χ1v) is 9.07. The van der Waals surface area contributed by atoms with Gasteiger partial charge in [-0.2, -0.15) is 0 Å². The minimum Gasteiger partial charge on any atom is -0.495 e. The molecule has 0 radical (unpaired) electrons. The average Bonchev–Trinajstić information content (AvgIpc) is 3.05. The van der Waals surface area contributed by atoms with Crippen molar-refractivity contribution < 1.29 is 19.1 Å². The van der Waals surface area contributed by atoms with Crippen molar-refractivity contribution in [2.75, 3.05) is 30.5 Å². The Kier molecular flexibility index (Phi) is 5.86. The van der Waals surface area contributed by atoms with Crippen molar-refractivity contribution in [3.05, 3.63) is 47.5 Å². The molecule has 0 saturated carbocycles. The third-order valence-electron chi connectivity index (χ3n) is 4.36. The highest BCUT2D eigenvalue weighted by molar-refractivity contribution is 6.31. The molecule has 1 fully saturated rings. The molecule has 1 N–H and O–H groups in total. The van der Waals surface area contributed by atoms with Crippen LogP contribution in [0, 0.1) is 5.92 Å². The monoisotopic (exact) mass is 388 g/mol. The molecule has 1 heterocycles. The zero-order valence-electron chi connectivity index (χ0n) is 15.2. The van der Waals surface area contributed by atoms with Gasteiger partial charge in [0.25, 0.3) is 0 Å². The number of carbonyl (C=O) groups is 2. The maximum Gasteiger partial charge on any atom is 0.229 e. The minimum atomic E-state index is -0.451. The first kappa shape index (κ1) is 19.0. The van der Waals surface area contributed by atoms with E-state index in [9.17, 15) is 9.59 Å². The number of amides is 2. The van der Waals surface area contributed by atoms with E-state index in [1.54, 1.807) is 47.4 Å². The molecule has 0 aliphatic carbocycles. The number of hydrogen-bond acceptors (Lipinski definition) is 4. The van der Waals surface area contributed by atoms with Crippen molar-refractivity contribution in [3.63, 3.8) is 0 Å². The molecule has 3 rings (SSSR count). The third-order valence-corrected chi connectivity index (χ3v) is 4.60. The summed E-state index contributed by atoms with van der Waals surface area (Å²) in [6.45, 7) is 2.77. The van der Waals surface area contributed by atoms with Gasteiger partial charge < -0.3 is 19.7 Å². The van der Waals surface area contributed by atoms with E-state index in [0.29, 0.717) is 28.8 Å². The Balaban J connectivity index is 1.69. The standard InChI is InChI=1S/C20H21ClN2O4/c1-3-27-16-7-5-15(6-8-16)22-20(25)13-10-19(24)23(12-13)17-11-14(21)4-9-18(17)26-2/h4-9,11,13H,3,10,12H2,1-2H3,(H,22,25)/t13-/m0/s1. The zero-order valence-corrected chi connectivity index (χ0v) is 16.0. The molecule has 0 unspecified atom stereocenters. The van der Waals surface area contributed by atoms with E-state index in [0.717, 1.165) is 5.75 Å². The van der Waals surface area contributed by atoms with Gasteiger partial charge in [-0.1, -0.05) is 11.6 Å². The smallest absolute Gasteiger partial charge is 0.229 e. The highest BCUT2D eigenvalue weighted by atomic mass is 35.5. The number of methoxy groups -OCH3 is 1. The fourth-order valence-corrected chi connectivity index (χ4v) is 3.20. The average molecular weight is 389 g/mol. The molecular weight excluding hydrogens is 368 g/mol. The maximum atomic E-state index is 12.6. The van der Waals surface area contributed by atoms with Crippen LogP contribution < -0.4 is 19.7 Å². The number of halogens is 1. The molecule has 142 valence electrons. The Bertz CT molecular complexity index is 838. The van der Waals surface area contributed by atoms with Crippen LogP contribution in [0.5, 0.6) is 11.5 Å². The van der Waals surface area contributed by atoms with Crippen LogP contribution in [0.25, 0.3) is 0 Å². The van der Waals surface area contributed by atoms with E-state index >= 15 is 0 Å². The summed E-state index contributed by atoms with van der Waals surface area (Å²) in [6, 6.07) is 12.2. The summed E-state index contributed by atoms with van der Waals surface area (Å²) in [5.41, 5.74) is 1.24. The fraction of sp³-hybridized carbons (Fsp3) is 0.300. The molecule has 1 aliphatic rings. The van der Waals surface area contributed by atoms with Crippen LogP contribution in [0.1, 0.15) is 13.3 Å². The summed E-state index contributed by atoms with van der Waals surface area (Å²) >= 11 is 6.06. The molecule has 0 aromatic heterocycles. The molecule has 2 aromatic carbocycles. The highest BCUT2D eigenvalue weighted by Gasteiger charge is 2.36.